The van der Waals surface area contributed by atoms with E-state index in [-0.39, 0.29) is 24.1 Å². The van der Waals surface area contributed by atoms with Gasteiger partial charge in [0.2, 0.25) is 11.8 Å². The molecule has 0 aliphatic heterocycles. The number of amides is 2. The van der Waals surface area contributed by atoms with Gasteiger partial charge in [-0.3, -0.25) is 14.3 Å². The first kappa shape index (κ1) is 18.3. The lowest BCUT2D eigenvalue weighted by Crippen LogP contribution is -2.24. The van der Waals surface area contributed by atoms with Crippen LogP contribution < -0.4 is 10.6 Å². The van der Waals surface area contributed by atoms with Gasteiger partial charge >= 0.3 is 0 Å². The Morgan fingerprint density at radius 1 is 1.07 bits per heavy atom. The Morgan fingerprint density at radius 2 is 1.81 bits per heavy atom. The molecule has 0 bridgehead atoms. The zero-order chi connectivity index (χ0) is 19.2. The number of nitrogens with zero attached hydrogens (tertiary/aromatic N) is 2. The second-order valence-corrected chi connectivity index (χ2v) is 6.09. The number of carbonyl (C=O) groups is 2. The number of benzene rings is 2. The Balaban J connectivity index is 1.61. The molecule has 1 unspecified atom stereocenters. The summed E-state index contributed by atoms with van der Waals surface area (Å²) in [5, 5.41) is 9.60. The van der Waals surface area contributed by atoms with Crippen LogP contribution in [0.3, 0.4) is 0 Å². The Kier molecular flexibility index (Phi) is 5.61. The van der Waals surface area contributed by atoms with Crippen molar-refractivity contribution in [3.63, 3.8) is 0 Å². The zero-order valence-electron chi connectivity index (χ0n) is 14.7. The van der Waals surface area contributed by atoms with Crippen LogP contribution in [0.1, 0.15) is 18.5 Å². The third-order valence-corrected chi connectivity index (χ3v) is 3.97. The van der Waals surface area contributed by atoms with E-state index in [9.17, 15) is 14.0 Å². The lowest BCUT2D eigenvalue weighted by atomic mass is 10.1. The molecule has 3 aromatic rings. The molecule has 3 rings (SSSR count). The summed E-state index contributed by atoms with van der Waals surface area (Å²) in [6, 6.07) is 14.0. The smallest absolute Gasteiger partial charge is 0.248 e. The molecule has 7 heteroatoms. The lowest BCUT2D eigenvalue weighted by Gasteiger charge is -2.13. The van der Waals surface area contributed by atoms with E-state index in [2.05, 4.69) is 15.7 Å². The van der Waals surface area contributed by atoms with Gasteiger partial charge in [-0.2, -0.15) is 5.10 Å². The fraction of sp³-hybridized carbons (Fsp3) is 0.150. The van der Waals surface area contributed by atoms with Crippen LogP contribution in [-0.4, -0.2) is 21.6 Å². The molecule has 0 saturated heterocycles. The molecular formula is C20H19FN4O2. The number of hydrogen-bond acceptors (Lipinski definition) is 3. The standard InChI is InChI=1S/C20H19FN4O2/c1-14(25-10-4-9-22-25)20(27)24-18-8-3-7-17(13-18)23-19(26)12-15-5-2-6-16(21)11-15/h2-11,13-14H,12H2,1H3,(H,23,26)(H,24,27). The fourth-order valence-corrected chi connectivity index (χ4v) is 2.59. The minimum absolute atomic E-state index is 0.0602. The van der Waals surface area contributed by atoms with E-state index in [1.807, 2.05) is 0 Å². The topological polar surface area (TPSA) is 76.0 Å². The van der Waals surface area contributed by atoms with E-state index < -0.39 is 6.04 Å². The van der Waals surface area contributed by atoms with Gasteiger partial charge in [0.05, 0.1) is 6.42 Å². The summed E-state index contributed by atoms with van der Waals surface area (Å²) in [5.74, 6) is -0.868. The Labute approximate surface area is 156 Å². The molecule has 0 saturated carbocycles. The molecule has 27 heavy (non-hydrogen) atoms. The van der Waals surface area contributed by atoms with Gasteiger partial charge in [0.25, 0.3) is 0 Å². The molecule has 2 N–H and O–H groups in total. The summed E-state index contributed by atoms with van der Waals surface area (Å²) in [6.45, 7) is 1.74. The van der Waals surface area contributed by atoms with E-state index in [0.29, 0.717) is 16.9 Å². The van der Waals surface area contributed by atoms with Gasteiger partial charge in [0.15, 0.2) is 0 Å². The quantitative estimate of drug-likeness (QED) is 0.702. The molecule has 6 nitrogen and oxygen atoms in total. The van der Waals surface area contributed by atoms with Crippen LogP contribution >= 0.6 is 0 Å². The average molecular weight is 366 g/mol. The SMILES string of the molecule is CC(C(=O)Nc1cccc(NC(=O)Cc2cccc(F)c2)c1)n1cccn1. The summed E-state index contributed by atoms with van der Waals surface area (Å²) < 4.78 is 14.8. The van der Waals surface area contributed by atoms with Crippen LogP contribution in [0.5, 0.6) is 0 Å². The summed E-state index contributed by atoms with van der Waals surface area (Å²) >= 11 is 0. The van der Waals surface area contributed by atoms with Gasteiger partial charge in [0, 0.05) is 23.8 Å². The number of halogens is 1. The van der Waals surface area contributed by atoms with Crippen molar-refractivity contribution in [3.8, 4) is 0 Å². The molecule has 138 valence electrons. The van der Waals surface area contributed by atoms with Gasteiger partial charge in [0.1, 0.15) is 11.9 Å². The monoisotopic (exact) mass is 366 g/mol. The lowest BCUT2D eigenvalue weighted by molar-refractivity contribution is -0.119. The number of nitrogens with one attached hydrogen (secondary N) is 2. The van der Waals surface area contributed by atoms with Crippen molar-refractivity contribution in [2.75, 3.05) is 10.6 Å². The van der Waals surface area contributed by atoms with Crippen LogP contribution in [0.25, 0.3) is 0 Å². The minimum atomic E-state index is -0.466. The predicted octanol–water partition coefficient (Wildman–Crippen LogP) is 3.40. The van der Waals surface area contributed by atoms with Crippen molar-refractivity contribution in [2.24, 2.45) is 0 Å². The van der Waals surface area contributed by atoms with Gasteiger partial charge < -0.3 is 10.6 Å². The summed E-state index contributed by atoms with van der Waals surface area (Å²) in [4.78, 5) is 24.5. The minimum Gasteiger partial charge on any atom is -0.326 e. The summed E-state index contributed by atoms with van der Waals surface area (Å²) in [6.07, 6.45) is 3.39. The van der Waals surface area contributed by atoms with E-state index in [4.69, 9.17) is 0 Å². The van der Waals surface area contributed by atoms with E-state index in [1.165, 1.54) is 12.1 Å². The number of hydrogen-bond donors (Lipinski definition) is 2. The van der Waals surface area contributed by atoms with Crippen LogP contribution in [0.15, 0.2) is 67.0 Å². The Bertz CT molecular complexity index is 941. The third-order valence-electron chi connectivity index (χ3n) is 3.97. The van der Waals surface area contributed by atoms with Crippen molar-refractivity contribution in [3.05, 3.63) is 78.4 Å². The van der Waals surface area contributed by atoms with E-state index in [1.54, 1.807) is 66.5 Å². The molecule has 1 heterocycles. The van der Waals surface area contributed by atoms with Crippen LogP contribution in [0.4, 0.5) is 15.8 Å². The normalized spacial score (nSPS) is 11.6. The van der Waals surface area contributed by atoms with Crippen LogP contribution in [-0.2, 0) is 16.0 Å². The first-order chi connectivity index (χ1) is 13.0. The fourth-order valence-electron chi connectivity index (χ4n) is 2.59. The Hall–Kier alpha value is -3.48. The molecule has 0 fully saturated rings. The van der Waals surface area contributed by atoms with Crippen LogP contribution in [0, 0.1) is 5.82 Å². The van der Waals surface area contributed by atoms with Crippen LogP contribution in [0.2, 0.25) is 0 Å². The third kappa shape index (κ3) is 5.01. The second-order valence-electron chi connectivity index (χ2n) is 6.09. The van der Waals surface area contributed by atoms with Gasteiger partial charge in [-0.25, -0.2) is 4.39 Å². The highest BCUT2D eigenvalue weighted by molar-refractivity contribution is 5.96. The molecule has 0 spiro atoms. The molecule has 1 atom stereocenters. The second kappa shape index (κ2) is 8.27. The predicted molar refractivity (Wildman–Crippen MR) is 101 cm³/mol. The van der Waals surface area contributed by atoms with E-state index in [0.717, 1.165) is 0 Å². The molecule has 0 aliphatic carbocycles. The van der Waals surface area contributed by atoms with Gasteiger partial charge in [-0.15, -0.1) is 0 Å². The first-order valence-corrected chi connectivity index (χ1v) is 8.45. The molecule has 0 radical (unpaired) electrons. The molecule has 2 aromatic carbocycles. The molecular weight excluding hydrogens is 347 g/mol. The molecule has 0 aliphatic rings. The Morgan fingerprint density at radius 3 is 2.52 bits per heavy atom. The maximum Gasteiger partial charge on any atom is 0.248 e. The largest absolute Gasteiger partial charge is 0.326 e. The number of anilines is 2. The summed E-state index contributed by atoms with van der Waals surface area (Å²) in [7, 11) is 0. The number of carbonyl (C=O) groups excluding carboxylic acids is 2. The maximum absolute atomic E-state index is 13.2. The van der Waals surface area contributed by atoms with Gasteiger partial charge in [-0.05, 0) is 48.9 Å². The average Bonchev–Trinajstić information content (AvgIpc) is 3.15. The highest BCUT2D eigenvalue weighted by atomic mass is 19.1. The summed E-state index contributed by atoms with van der Waals surface area (Å²) in [5.41, 5.74) is 1.69. The highest BCUT2D eigenvalue weighted by Gasteiger charge is 2.15. The first-order valence-electron chi connectivity index (χ1n) is 8.45. The van der Waals surface area contributed by atoms with Crippen molar-refractivity contribution in [2.45, 2.75) is 19.4 Å². The van der Waals surface area contributed by atoms with Crippen molar-refractivity contribution < 1.29 is 14.0 Å². The van der Waals surface area contributed by atoms with Gasteiger partial charge in [-0.1, -0.05) is 18.2 Å². The van der Waals surface area contributed by atoms with Crippen molar-refractivity contribution >= 4 is 23.2 Å². The number of rotatable bonds is 6. The van der Waals surface area contributed by atoms with E-state index >= 15 is 0 Å². The number of aromatic nitrogens is 2. The van der Waals surface area contributed by atoms with Crippen molar-refractivity contribution in [1.82, 2.24) is 9.78 Å². The molecule has 2 amide bonds. The highest BCUT2D eigenvalue weighted by Crippen LogP contribution is 2.17. The van der Waals surface area contributed by atoms with Crippen molar-refractivity contribution in [1.29, 1.82) is 0 Å². The zero-order valence-corrected chi connectivity index (χ0v) is 14.7. The maximum atomic E-state index is 13.2. The molecule has 1 aromatic heterocycles.